The smallest absolute Gasteiger partial charge is 0.147 e. The molecule has 4 aromatic heterocycles. The number of anilines is 6. The van der Waals surface area contributed by atoms with Gasteiger partial charge in [0.25, 0.3) is 0 Å². The molecule has 72 heavy (non-hydrogen) atoms. The predicted molar refractivity (Wildman–Crippen MR) is 299 cm³/mol. The van der Waals surface area contributed by atoms with Gasteiger partial charge in [-0.25, -0.2) is 0 Å². The SMILES string of the molecule is Cc1cc(C)cc(N(c2ccc3c(ccc4c5ccc6oc7c8ccc(N(c9cc(C)cc(C)c9)c9ccc%10oc%11ccccc%11c%10c9)cc8ccc7c6c5oc34)c2)c2ccc3oc4ccccc4c3c2)c1. The van der Waals surface area contributed by atoms with Gasteiger partial charge in [-0.15, -0.1) is 0 Å². The Morgan fingerprint density at radius 1 is 0.250 bits per heavy atom. The number of furan rings is 4. The van der Waals surface area contributed by atoms with Crippen LogP contribution in [0.1, 0.15) is 22.3 Å². The van der Waals surface area contributed by atoms with Crippen LogP contribution in [-0.4, -0.2) is 0 Å². The summed E-state index contributed by atoms with van der Waals surface area (Å²) in [7, 11) is 0. The standard InChI is InChI=1S/C66H44N2O4/c1-37-27-38(2)30-47(29-37)67(45-17-24-60-56(35-45)51-9-5-7-11-58(51)69-60)43-15-21-49-41(33-43)13-19-53-54-23-26-62-63(66(54)72-64(49)53)55-20-14-42-34-44(16-22-50(42)65(55)71-62)68(48-31-39(3)28-40(4)32-48)46-18-25-61-57(36-46)52-10-6-8-12-59(52)70-61/h5-36H,1-4H3. The summed E-state index contributed by atoms with van der Waals surface area (Å²) in [5.74, 6) is 0. The van der Waals surface area contributed by atoms with Gasteiger partial charge in [-0.3, -0.25) is 0 Å². The molecule has 0 unspecified atom stereocenters. The quantitative estimate of drug-likeness (QED) is 0.166. The Bertz CT molecular complexity index is 4730. The van der Waals surface area contributed by atoms with Crippen LogP contribution in [0.2, 0.25) is 0 Å². The number of fused-ring (bicyclic) bond motifs is 17. The van der Waals surface area contributed by atoms with E-state index < -0.39 is 0 Å². The molecular formula is C66H44N2O4. The van der Waals surface area contributed by atoms with Gasteiger partial charge in [0.2, 0.25) is 0 Å². The molecule has 0 atom stereocenters. The van der Waals surface area contributed by atoms with Crippen LogP contribution >= 0.6 is 0 Å². The molecule has 0 amide bonds. The lowest BCUT2D eigenvalue weighted by Gasteiger charge is -2.26. The van der Waals surface area contributed by atoms with Crippen LogP contribution in [0.4, 0.5) is 34.1 Å². The highest BCUT2D eigenvalue weighted by Gasteiger charge is 2.23. The summed E-state index contributed by atoms with van der Waals surface area (Å²) in [6.07, 6.45) is 0. The third kappa shape index (κ3) is 6.15. The lowest BCUT2D eigenvalue weighted by atomic mass is 10.0. The summed E-state index contributed by atoms with van der Waals surface area (Å²) >= 11 is 0. The lowest BCUT2D eigenvalue weighted by Crippen LogP contribution is -2.10. The van der Waals surface area contributed by atoms with Gasteiger partial charge in [0, 0.05) is 82.6 Å². The molecule has 0 aliphatic rings. The first-order chi connectivity index (χ1) is 35.3. The van der Waals surface area contributed by atoms with Gasteiger partial charge in [-0.1, -0.05) is 60.7 Å². The van der Waals surface area contributed by atoms with Crippen molar-refractivity contribution in [3.63, 3.8) is 0 Å². The highest BCUT2D eigenvalue weighted by Crippen LogP contribution is 2.47. The molecular weight excluding hydrogens is 885 g/mol. The van der Waals surface area contributed by atoms with Crippen molar-refractivity contribution in [3.05, 3.63) is 216 Å². The molecule has 0 bridgehead atoms. The van der Waals surface area contributed by atoms with Gasteiger partial charge >= 0.3 is 0 Å². The summed E-state index contributed by atoms with van der Waals surface area (Å²) < 4.78 is 26.4. The second-order valence-corrected chi connectivity index (χ2v) is 19.6. The first kappa shape index (κ1) is 40.6. The molecule has 0 saturated carbocycles. The second-order valence-electron chi connectivity index (χ2n) is 19.6. The van der Waals surface area contributed by atoms with E-state index in [4.69, 9.17) is 17.7 Å². The van der Waals surface area contributed by atoms with E-state index >= 15 is 0 Å². The summed E-state index contributed by atoms with van der Waals surface area (Å²) in [5.41, 5.74) is 18.1. The Balaban J connectivity index is 0.856. The van der Waals surface area contributed by atoms with Crippen molar-refractivity contribution in [2.75, 3.05) is 9.80 Å². The van der Waals surface area contributed by atoms with Crippen LogP contribution < -0.4 is 9.80 Å². The first-order valence-corrected chi connectivity index (χ1v) is 24.5. The average Bonchev–Trinajstić information content (AvgIpc) is 4.16. The molecule has 4 heterocycles. The Morgan fingerprint density at radius 3 is 1.19 bits per heavy atom. The van der Waals surface area contributed by atoms with Gasteiger partial charge in [0.05, 0.1) is 5.39 Å². The monoisotopic (exact) mass is 928 g/mol. The van der Waals surface area contributed by atoms with E-state index in [1.807, 2.05) is 24.3 Å². The molecule has 0 saturated heterocycles. The molecule has 0 fully saturated rings. The van der Waals surface area contributed by atoms with Crippen molar-refractivity contribution in [3.8, 4) is 0 Å². The van der Waals surface area contributed by atoms with Crippen LogP contribution in [0, 0.1) is 27.7 Å². The molecule has 0 N–H and O–H groups in total. The first-order valence-electron chi connectivity index (χ1n) is 24.5. The Kier molecular flexibility index (Phi) is 8.53. The van der Waals surface area contributed by atoms with Crippen molar-refractivity contribution in [2.45, 2.75) is 27.7 Å². The maximum atomic E-state index is 7.06. The fourth-order valence-electron chi connectivity index (χ4n) is 11.7. The largest absolute Gasteiger partial charge is 0.456 e. The minimum Gasteiger partial charge on any atom is -0.456 e. The van der Waals surface area contributed by atoms with Gasteiger partial charge in [-0.05, 0) is 194 Å². The van der Waals surface area contributed by atoms with Crippen LogP contribution in [0.25, 0.3) is 109 Å². The predicted octanol–water partition coefficient (Wildman–Crippen LogP) is 19.8. The summed E-state index contributed by atoms with van der Waals surface area (Å²) in [6.45, 7) is 8.63. The summed E-state index contributed by atoms with van der Waals surface area (Å²) in [5, 5.41) is 12.8. The van der Waals surface area contributed by atoms with Gasteiger partial charge in [-0.2, -0.15) is 0 Å². The Labute approximate surface area is 413 Å². The molecule has 11 aromatic carbocycles. The van der Waals surface area contributed by atoms with Crippen molar-refractivity contribution in [2.24, 2.45) is 0 Å². The van der Waals surface area contributed by atoms with Crippen molar-refractivity contribution in [1.29, 1.82) is 0 Å². The van der Waals surface area contributed by atoms with Crippen molar-refractivity contribution >= 4 is 143 Å². The van der Waals surface area contributed by atoms with Crippen LogP contribution in [-0.2, 0) is 0 Å². The van der Waals surface area contributed by atoms with E-state index in [2.05, 4.69) is 207 Å². The normalized spacial score (nSPS) is 12.2. The molecule has 0 aliphatic carbocycles. The molecule has 0 aliphatic heterocycles. The van der Waals surface area contributed by atoms with Crippen molar-refractivity contribution in [1.82, 2.24) is 0 Å². The third-order valence-electron chi connectivity index (χ3n) is 14.7. The Hall–Kier alpha value is -9.26. The Morgan fingerprint density at radius 2 is 0.653 bits per heavy atom. The van der Waals surface area contributed by atoms with E-state index in [9.17, 15) is 0 Å². The molecule has 6 nitrogen and oxygen atoms in total. The number of rotatable bonds is 6. The number of nitrogens with zero attached hydrogens (tertiary/aromatic N) is 2. The van der Waals surface area contributed by atoms with Crippen molar-refractivity contribution < 1.29 is 17.7 Å². The minimum atomic E-state index is 0.795. The maximum Gasteiger partial charge on any atom is 0.147 e. The van der Waals surface area contributed by atoms with E-state index in [0.717, 1.165) is 143 Å². The molecule has 342 valence electrons. The zero-order valence-corrected chi connectivity index (χ0v) is 40.0. The number of benzene rings is 11. The minimum absolute atomic E-state index is 0.795. The van der Waals surface area contributed by atoms with Gasteiger partial charge < -0.3 is 27.5 Å². The zero-order chi connectivity index (χ0) is 47.9. The second kappa shape index (κ2) is 15.1. The fourth-order valence-corrected chi connectivity index (χ4v) is 11.7. The molecule has 0 spiro atoms. The van der Waals surface area contributed by atoms with Gasteiger partial charge in [0.1, 0.15) is 44.7 Å². The summed E-state index contributed by atoms with van der Waals surface area (Å²) in [4.78, 5) is 4.69. The third-order valence-corrected chi connectivity index (χ3v) is 14.7. The average molecular weight is 929 g/mol. The number of para-hydroxylation sites is 2. The number of hydrogen-bond donors (Lipinski definition) is 0. The molecule has 6 heteroatoms. The van der Waals surface area contributed by atoms with Crippen LogP contribution in [0.5, 0.6) is 0 Å². The van der Waals surface area contributed by atoms with E-state index in [-0.39, 0.29) is 0 Å². The highest BCUT2D eigenvalue weighted by molar-refractivity contribution is 6.27. The fraction of sp³-hybridized carbons (Fsp3) is 0.0606. The van der Waals surface area contributed by atoms with E-state index in [1.54, 1.807) is 0 Å². The topological polar surface area (TPSA) is 59.0 Å². The van der Waals surface area contributed by atoms with Crippen LogP contribution in [0.15, 0.2) is 212 Å². The highest BCUT2D eigenvalue weighted by atomic mass is 16.3. The van der Waals surface area contributed by atoms with E-state index in [0.29, 0.717) is 0 Å². The zero-order valence-electron chi connectivity index (χ0n) is 40.0. The molecule has 15 aromatic rings. The number of hydrogen-bond acceptors (Lipinski definition) is 6. The van der Waals surface area contributed by atoms with Crippen LogP contribution in [0.3, 0.4) is 0 Å². The maximum absolute atomic E-state index is 7.06. The summed E-state index contributed by atoms with van der Waals surface area (Å²) in [6, 6.07) is 69.4. The van der Waals surface area contributed by atoms with E-state index in [1.165, 1.54) is 22.3 Å². The lowest BCUT2D eigenvalue weighted by molar-refractivity contribution is 0.666. The number of aryl methyl sites for hydroxylation is 4. The molecule has 15 rings (SSSR count). The van der Waals surface area contributed by atoms with Gasteiger partial charge in [0.15, 0.2) is 0 Å². The molecule has 0 radical (unpaired) electrons.